The summed E-state index contributed by atoms with van der Waals surface area (Å²) in [5.41, 5.74) is 1.75. The third-order valence-corrected chi connectivity index (χ3v) is 3.63. The molecule has 1 aromatic heterocycles. The average molecular weight is 323 g/mol. The minimum atomic E-state index is -0.479. The van der Waals surface area contributed by atoms with E-state index in [4.69, 9.17) is 16.3 Å². The Morgan fingerprint density at radius 3 is 2.36 bits per heavy atom. The largest absolute Gasteiger partial charge is 0.465 e. The molecule has 0 saturated carbocycles. The van der Waals surface area contributed by atoms with E-state index in [0.29, 0.717) is 27.7 Å². The second kappa shape index (κ2) is 6.62. The van der Waals surface area contributed by atoms with Gasteiger partial charge in [0.25, 0.3) is 0 Å². The average Bonchev–Trinajstić information content (AvgIpc) is 2.74. The number of carbonyl (C=O) groups is 2. The number of esters is 2. The van der Waals surface area contributed by atoms with E-state index in [0.717, 1.165) is 0 Å². The van der Waals surface area contributed by atoms with Crippen molar-refractivity contribution in [1.82, 2.24) is 9.78 Å². The molecule has 0 N–H and O–H groups in total. The van der Waals surface area contributed by atoms with Gasteiger partial charge in [0, 0.05) is 0 Å². The van der Waals surface area contributed by atoms with Crippen molar-refractivity contribution in [3.05, 3.63) is 46.2 Å². The van der Waals surface area contributed by atoms with E-state index in [1.165, 1.54) is 36.1 Å². The van der Waals surface area contributed by atoms with Crippen molar-refractivity contribution < 1.29 is 19.1 Å². The van der Waals surface area contributed by atoms with Crippen LogP contribution in [0.25, 0.3) is 0 Å². The summed E-state index contributed by atoms with van der Waals surface area (Å²) >= 11 is 6.02. The highest BCUT2D eigenvalue weighted by Crippen LogP contribution is 2.19. The molecule has 0 saturated heterocycles. The van der Waals surface area contributed by atoms with Crippen LogP contribution in [0, 0.1) is 13.8 Å². The number of carbonyl (C=O) groups excluding carboxylic acids is 2. The minimum Gasteiger partial charge on any atom is -0.465 e. The molecule has 0 aliphatic heterocycles. The maximum Gasteiger partial charge on any atom is 0.337 e. The highest BCUT2D eigenvalue weighted by molar-refractivity contribution is 6.31. The molecule has 22 heavy (non-hydrogen) atoms. The zero-order valence-electron chi connectivity index (χ0n) is 12.4. The first-order chi connectivity index (χ1) is 10.4. The number of nitrogens with zero attached hydrogens (tertiary/aromatic N) is 2. The highest BCUT2D eigenvalue weighted by Gasteiger charge is 2.14. The van der Waals surface area contributed by atoms with Crippen LogP contribution < -0.4 is 4.74 Å². The molecule has 1 heterocycles. The molecule has 6 nitrogen and oxygen atoms in total. The molecule has 0 unspecified atom stereocenters. The zero-order valence-corrected chi connectivity index (χ0v) is 13.2. The van der Waals surface area contributed by atoms with Crippen LogP contribution in [0.15, 0.2) is 24.3 Å². The van der Waals surface area contributed by atoms with E-state index in [1.54, 1.807) is 13.8 Å². The lowest BCUT2D eigenvalue weighted by atomic mass is 10.2. The number of benzene rings is 1. The van der Waals surface area contributed by atoms with Gasteiger partial charge in [-0.25, -0.2) is 9.59 Å². The summed E-state index contributed by atoms with van der Waals surface area (Å²) in [5, 5.41) is 4.70. The molecule has 116 valence electrons. The second-order valence-corrected chi connectivity index (χ2v) is 5.01. The van der Waals surface area contributed by atoms with Gasteiger partial charge in [-0.1, -0.05) is 11.6 Å². The van der Waals surface area contributed by atoms with Crippen LogP contribution in [0.1, 0.15) is 21.7 Å². The fourth-order valence-electron chi connectivity index (χ4n) is 1.89. The van der Waals surface area contributed by atoms with Crippen molar-refractivity contribution in [1.29, 1.82) is 0 Å². The van der Waals surface area contributed by atoms with Gasteiger partial charge in [-0.2, -0.15) is 5.10 Å². The van der Waals surface area contributed by atoms with Gasteiger partial charge in [-0.3, -0.25) is 4.68 Å². The lowest BCUT2D eigenvalue weighted by Gasteiger charge is -2.06. The number of ether oxygens (including phenoxy) is 2. The van der Waals surface area contributed by atoms with E-state index in [2.05, 4.69) is 9.84 Å². The quantitative estimate of drug-likeness (QED) is 0.639. The third kappa shape index (κ3) is 3.46. The van der Waals surface area contributed by atoms with Gasteiger partial charge in [0.1, 0.15) is 12.3 Å². The maximum absolute atomic E-state index is 11.9. The van der Waals surface area contributed by atoms with Crippen LogP contribution in [0.2, 0.25) is 5.02 Å². The summed E-state index contributed by atoms with van der Waals surface area (Å²) in [6.45, 7) is 3.50. The first-order valence-corrected chi connectivity index (χ1v) is 6.88. The minimum absolute atomic E-state index is 0.0435. The van der Waals surface area contributed by atoms with Gasteiger partial charge in [0.05, 0.1) is 29.1 Å². The van der Waals surface area contributed by atoms with Crippen molar-refractivity contribution >= 4 is 23.5 Å². The SMILES string of the molecule is COC(=O)c1ccc(OC(=O)Cn2nc(C)c(Cl)c2C)cc1. The van der Waals surface area contributed by atoms with Gasteiger partial charge >= 0.3 is 11.9 Å². The number of aryl methyl sites for hydroxylation is 1. The molecule has 2 rings (SSSR count). The van der Waals surface area contributed by atoms with Crippen LogP contribution >= 0.6 is 11.6 Å². The number of methoxy groups -OCH3 is 1. The Bertz CT molecular complexity index is 707. The molecule has 0 amide bonds. The molecule has 0 bridgehead atoms. The summed E-state index contributed by atoms with van der Waals surface area (Å²) in [6.07, 6.45) is 0. The Morgan fingerprint density at radius 1 is 1.23 bits per heavy atom. The van der Waals surface area contributed by atoms with E-state index < -0.39 is 11.9 Å². The van der Waals surface area contributed by atoms with Gasteiger partial charge < -0.3 is 9.47 Å². The van der Waals surface area contributed by atoms with E-state index in [9.17, 15) is 9.59 Å². The molecule has 2 aromatic rings. The first kappa shape index (κ1) is 16.0. The zero-order chi connectivity index (χ0) is 16.3. The monoisotopic (exact) mass is 322 g/mol. The van der Waals surface area contributed by atoms with Crippen molar-refractivity contribution in [2.24, 2.45) is 0 Å². The molecule has 7 heteroatoms. The van der Waals surface area contributed by atoms with Crippen molar-refractivity contribution in [2.45, 2.75) is 20.4 Å². The Morgan fingerprint density at radius 2 is 1.86 bits per heavy atom. The Labute approximate surface area is 132 Å². The van der Waals surface area contributed by atoms with Gasteiger partial charge in [0.15, 0.2) is 0 Å². The summed E-state index contributed by atoms with van der Waals surface area (Å²) in [5.74, 6) is -0.589. The molecule has 1 aromatic carbocycles. The number of hydrogen-bond acceptors (Lipinski definition) is 5. The van der Waals surface area contributed by atoms with E-state index in [-0.39, 0.29) is 6.54 Å². The topological polar surface area (TPSA) is 70.4 Å². The Balaban J connectivity index is 2.03. The molecular weight excluding hydrogens is 308 g/mol. The Hall–Kier alpha value is -2.34. The predicted octanol–water partition coefficient (Wildman–Crippen LogP) is 2.55. The standard InChI is InChI=1S/C15H15ClN2O4/c1-9-14(16)10(2)18(17-9)8-13(19)22-12-6-4-11(5-7-12)15(20)21-3/h4-7H,8H2,1-3H3. The van der Waals surface area contributed by atoms with Crippen LogP contribution in [0.4, 0.5) is 0 Å². The van der Waals surface area contributed by atoms with Gasteiger partial charge in [0.2, 0.25) is 0 Å². The fraction of sp³-hybridized carbons (Fsp3) is 0.267. The van der Waals surface area contributed by atoms with Gasteiger partial charge in [-0.05, 0) is 38.1 Å². The van der Waals surface area contributed by atoms with Crippen LogP contribution in [-0.2, 0) is 16.1 Å². The highest BCUT2D eigenvalue weighted by atomic mass is 35.5. The maximum atomic E-state index is 11.9. The predicted molar refractivity (Wildman–Crippen MR) is 80.1 cm³/mol. The fourth-order valence-corrected chi connectivity index (χ4v) is 2.03. The molecule has 0 fully saturated rings. The number of aromatic nitrogens is 2. The summed E-state index contributed by atoms with van der Waals surface area (Å²) in [6, 6.07) is 6.10. The number of rotatable bonds is 4. The molecule has 0 atom stereocenters. The number of hydrogen-bond donors (Lipinski definition) is 0. The molecule has 0 aliphatic carbocycles. The van der Waals surface area contributed by atoms with Crippen LogP contribution in [-0.4, -0.2) is 28.8 Å². The summed E-state index contributed by atoms with van der Waals surface area (Å²) in [4.78, 5) is 23.2. The molecule has 0 aliphatic rings. The Kier molecular flexibility index (Phi) is 4.82. The van der Waals surface area contributed by atoms with Crippen LogP contribution in [0.5, 0.6) is 5.75 Å². The lowest BCUT2D eigenvalue weighted by Crippen LogP contribution is -2.18. The molecule has 0 radical (unpaired) electrons. The van der Waals surface area contributed by atoms with Crippen LogP contribution in [0.3, 0.4) is 0 Å². The molecule has 0 spiro atoms. The van der Waals surface area contributed by atoms with E-state index in [1.807, 2.05) is 0 Å². The van der Waals surface area contributed by atoms with Crippen molar-refractivity contribution in [3.8, 4) is 5.75 Å². The van der Waals surface area contributed by atoms with Crippen molar-refractivity contribution in [2.75, 3.05) is 7.11 Å². The molecular formula is C15H15ClN2O4. The van der Waals surface area contributed by atoms with Crippen molar-refractivity contribution in [3.63, 3.8) is 0 Å². The van der Waals surface area contributed by atoms with Gasteiger partial charge in [-0.15, -0.1) is 0 Å². The van der Waals surface area contributed by atoms with E-state index >= 15 is 0 Å². The smallest absolute Gasteiger partial charge is 0.337 e. The number of halogens is 1. The summed E-state index contributed by atoms with van der Waals surface area (Å²) in [7, 11) is 1.30. The normalized spacial score (nSPS) is 10.4. The lowest BCUT2D eigenvalue weighted by molar-refractivity contribution is -0.135. The second-order valence-electron chi connectivity index (χ2n) is 4.63. The first-order valence-electron chi connectivity index (χ1n) is 6.51. The third-order valence-electron chi connectivity index (χ3n) is 3.08. The summed E-state index contributed by atoms with van der Waals surface area (Å²) < 4.78 is 11.3.